The Kier molecular flexibility index (Phi) is 2.84. The highest BCUT2D eigenvalue weighted by Gasteiger charge is 2.11. The maximum absolute atomic E-state index is 11.8. The molecule has 6 nitrogen and oxygen atoms in total. The Morgan fingerprint density at radius 2 is 2.06 bits per heavy atom. The molecule has 0 amide bonds. The van der Waals surface area contributed by atoms with Crippen LogP contribution in [-0.4, -0.2) is 19.1 Å². The fourth-order valence-electron chi connectivity index (χ4n) is 1.66. The SMILES string of the molecule is CC=CCn1c(=S)[nH]c2c1c(=O)[nH]c(=O)n2C. The second-order valence-electron chi connectivity index (χ2n) is 3.63. The second kappa shape index (κ2) is 4.17. The van der Waals surface area contributed by atoms with Crippen LogP contribution in [-0.2, 0) is 13.6 Å². The molecule has 0 spiro atoms. The van der Waals surface area contributed by atoms with E-state index in [1.54, 1.807) is 11.6 Å². The van der Waals surface area contributed by atoms with Crippen LogP contribution in [0.3, 0.4) is 0 Å². The van der Waals surface area contributed by atoms with Gasteiger partial charge in [0.15, 0.2) is 10.3 Å². The zero-order chi connectivity index (χ0) is 12.6. The van der Waals surface area contributed by atoms with Crippen molar-refractivity contribution in [1.29, 1.82) is 0 Å². The summed E-state index contributed by atoms with van der Waals surface area (Å²) in [5.74, 6) is 0. The molecule has 0 saturated heterocycles. The lowest BCUT2D eigenvalue weighted by Gasteiger charge is -2.00. The molecule has 0 atom stereocenters. The van der Waals surface area contributed by atoms with E-state index in [4.69, 9.17) is 12.2 Å². The Bertz CT molecular complexity index is 759. The van der Waals surface area contributed by atoms with E-state index in [9.17, 15) is 9.59 Å². The number of aromatic nitrogens is 4. The molecule has 2 aromatic heterocycles. The molecule has 2 aromatic rings. The van der Waals surface area contributed by atoms with Crippen LogP contribution in [0.25, 0.3) is 11.2 Å². The van der Waals surface area contributed by atoms with Crippen molar-refractivity contribution in [2.45, 2.75) is 13.5 Å². The molecule has 0 unspecified atom stereocenters. The number of allylic oxidation sites excluding steroid dienone is 2. The molecule has 0 aliphatic heterocycles. The fraction of sp³-hybridized carbons (Fsp3) is 0.300. The summed E-state index contributed by atoms with van der Waals surface area (Å²) in [6.45, 7) is 2.38. The summed E-state index contributed by atoms with van der Waals surface area (Å²) in [6.07, 6.45) is 3.75. The smallest absolute Gasteiger partial charge is 0.316 e. The van der Waals surface area contributed by atoms with Gasteiger partial charge < -0.3 is 9.55 Å². The minimum absolute atomic E-state index is 0.384. The number of hydrogen-bond donors (Lipinski definition) is 2. The van der Waals surface area contributed by atoms with Crippen molar-refractivity contribution in [2.24, 2.45) is 7.05 Å². The number of nitrogens with one attached hydrogen (secondary N) is 2. The predicted molar refractivity (Wildman–Crippen MR) is 67.8 cm³/mol. The summed E-state index contributed by atoms with van der Waals surface area (Å²) in [5.41, 5.74) is -0.0691. The van der Waals surface area contributed by atoms with E-state index in [1.807, 2.05) is 19.1 Å². The zero-order valence-corrected chi connectivity index (χ0v) is 10.3. The minimum Gasteiger partial charge on any atom is -0.316 e. The van der Waals surface area contributed by atoms with Crippen LogP contribution in [0.4, 0.5) is 0 Å². The maximum atomic E-state index is 11.8. The summed E-state index contributed by atoms with van der Waals surface area (Å²) < 4.78 is 3.41. The lowest BCUT2D eigenvalue weighted by atomic mass is 10.4. The van der Waals surface area contributed by atoms with Crippen molar-refractivity contribution in [3.8, 4) is 0 Å². The standard InChI is InChI=1S/C10H12N4O2S/c1-3-4-5-14-6-7(11-10(14)17)13(2)9(16)12-8(6)15/h3-4H,5H2,1-2H3,(H,11,17)(H,12,15,16). The Hall–Kier alpha value is -1.89. The number of fused-ring (bicyclic) bond motifs is 1. The molecule has 0 saturated carbocycles. The molecule has 0 aromatic carbocycles. The monoisotopic (exact) mass is 252 g/mol. The molecule has 17 heavy (non-hydrogen) atoms. The first kappa shape index (κ1) is 11.6. The largest absolute Gasteiger partial charge is 0.329 e. The third-order valence-electron chi connectivity index (χ3n) is 2.56. The third kappa shape index (κ3) is 1.78. The van der Waals surface area contributed by atoms with Crippen molar-refractivity contribution in [2.75, 3.05) is 0 Å². The van der Waals surface area contributed by atoms with Gasteiger partial charge in [-0.2, -0.15) is 0 Å². The molecule has 2 rings (SSSR count). The Morgan fingerprint density at radius 1 is 1.35 bits per heavy atom. The van der Waals surface area contributed by atoms with Crippen molar-refractivity contribution in [3.05, 3.63) is 37.8 Å². The number of rotatable bonds is 2. The first-order chi connectivity index (χ1) is 8.06. The van der Waals surface area contributed by atoms with Gasteiger partial charge in [-0.1, -0.05) is 12.2 Å². The number of H-pyrrole nitrogens is 2. The molecule has 0 radical (unpaired) electrons. The summed E-state index contributed by atoms with van der Waals surface area (Å²) in [4.78, 5) is 28.3. The first-order valence-electron chi connectivity index (χ1n) is 5.09. The Morgan fingerprint density at radius 3 is 2.71 bits per heavy atom. The van der Waals surface area contributed by atoms with Crippen LogP contribution >= 0.6 is 12.2 Å². The summed E-state index contributed by atoms with van der Waals surface area (Å²) in [5, 5.41) is 0. The number of aromatic amines is 2. The van der Waals surface area contributed by atoms with Crippen molar-refractivity contribution in [3.63, 3.8) is 0 Å². The molecular weight excluding hydrogens is 240 g/mol. The third-order valence-corrected chi connectivity index (χ3v) is 2.89. The number of aryl methyl sites for hydroxylation is 1. The predicted octanol–water partition coefficient (Wildman–Crippen LogP) is 0.662. The first-order valence-corrected chi connectivity index (χ1v) is 5.50. The van der Waals surface area contributed by atoms with E-state index in [-0.39, 0.29) is 0 Å². The topological polar surface area (TPSA) is 75.6 Å². The molecule has 0 fully saturated rings. The molecule has 7 heteroatoms. The molecule has 2 N–H and O–H groups in total. The van der Waals surface area contributed by atoms with E-state index in [2.05, 4.69) is 9.97 Å². The number of imidazole rings is 1. The van der Waals surface area contributed by atoms with Gasteiger partial charge in [0.2, 0.25) is 0 Å². The zero-order valence-electron chi connectivity index (χ0n) is 9.48. The van der Waals surface area contributed by atoms with E-state index < -0.39 is 11.2 Å². The molecule has 0 bridgehead atoms. The maximum Gasteiger partial charge on any atom is 0.329 e. The van der Waals surface area contributed by atoms with Gasteiger partial charge in [-0.15, -0.1) is 0 Å². The van der Waals surface area contributed by atoms with Gasteiger partial charge >= 0.3 is 5.69 Å². The van der Waals surface area contributed by atoms with Crippen molar-refractivity contribution >= 4 is 23.4 Å². The highest BCUT2D eigenvalue weighted by Crippen LogP contribution is 2.06. The van der Waals surface area contributed by atoms with E-state index in [0.717, 1.165) is 0 Å². The van der Waals surface area contributed by atoms with E-state index in [1.165, 1.54) is 4.57 Å². The lowest BCUT2D eigenvalue weighted by Crippen LogP contribution is -2.29. The van der Waals surface area contributed by atoms with Gasteiger partial charge in [0.1, 0.15) is 5.65 Å². The van der Waals surface area contributed by atoms with Gasteiger partial charge in [0.25, 0.3) is 5.56 Å². The normalized spacial score (nSPS) is 11.6. The van der Waals surface area contributed by atoms with Crippen LogP contribution in [0.1, 0.15) is 6.92 Å². The van der Waals surface area contributed by atoms with E-state index in [0.29, 0.717) is 22.5 Å². The van der Waals surface area contributed by atoms with Gasteiger partial charge in [-0.3, -0.25) is 14.3 Å². The Labute approximate surface area is 101 Å². The average Bonchev–Trinajstić information content (AvgIpc) is 2.61. The summed E-state index contributed by atoms with van der Waals surface area (Å²) in [6, 6.07) is 0. The highest BCUT2D eigenvalue weighted by atomic mass is 32.1. The highest BCUT2D eigenvalue weighted by molar-refractivity contribution is 7.71. The second-order valence-corrected chi connectivity index (χ2v) is 4.01. The lowest BCUT2D eigenvalue weighted by molar-refractivity contribution is 0.813. The molecule has 0 aliphatic rings. The molecule has 0 aliphatic carbocycles. The van der Waals surface area contributed by atoms with Crippen molar-refractivity contribution in [1.82, 2.24) is 19.1 Å². The fourth-order valence-corrected chi connectivity index (χ4v) is 1.92. The molecular formula is C10H12N4O2S. The molecule has 2 heterocycles. The van der Waals surface area contributed by atoms with Gasteiger partial charge in [0.05, 0.1) is 0 Å². The summed E-state index contributed by atoms with van der Waals surface area (Å²) in [7, 11) is 1.58. The van der Waals surface area contributed by atoms with Gasteiger partial charge in [-0.25, -0.2) is 4.79 Å². The van der Waals surface area contributed by atoms with Crippen molar-refractivity contribution < 1.29 is 0 Å². The quantitative estimate of drug-likeness (QED) is 0.609. The van der Waals surface area contributed by atoms with Gasteiger partial charge in [0, 0.05) is 13.6 Å². The molecule has 90 valence electrons. The van der Waals surface area contributed by atoms with Crippen LogP contribution in [0.5, 0.6) is 0 Å². The van der Waals surface area contributed by atoms with Crippen LogP contribution in [0.15, 0.2) is 21.7 Å². The Balaban J connectivity index is 2.92. The number of nitrogens with zero attached hydrogens (tertiary/aromatic N) is 2. The van der Waals surface area contributed by atoms with Crippen LogP contribution < -0.4 is 11.2 Å². The minimum atomic E-state index is -0.461. The van der Waals surface area contributed by atoms with E-state index >= 15 is 0 Å². The van der Waals surface area contributed by atoms with Crippen LogP contribution in [0.2, 0.25) is 0 Å². The average molecular weight is 252 g/mol. The van der Waals surface area contributed by atoms with Crippen LogP contribution in [0, 0.1) is 4.77 Å². The number of hydrogen-bond acceptors (Lipinski definition) is 3. The summed E-state index contributed by atoms with van der Waals surface area (Å²) >= 11 is 5.13. The van der Waals surface area contributed by atoms with Gasteiger partial charge in [-0.05, 0) is 19.1 Å².